The van der Waals surface area contributed by atoms with E-state index in [0.717, 1.165) is 36.0 Å². The minimum atomic E-state index is 0.337. The van der Waals surface area contributed by atoms with Gasteiger partial charge in [-0.3, -0.25) is 4.90 Å². The molecule has 1 aliphatic heterocycles. The van der Waals surface area contributed by atoms with Gasteiger partial charge in [0.1, 0.15) is 11.5 Å². The fraction of sp³-hybridized carbons (Fsp3) is 0.533. The van der Waals surface area contributed by atoms with Crippen molar-refractivity contribution in [2.75, 3.05) is 6.54 Å². The lowest BCUT2D eigenvalue weighted by molar-refractivity contribution is 0.198. The van der Waals surface area contributed by atoms with Crippen LogP contribution in [0, 0.1) is 6.92 Å². The van der Waals surface area contributed by atoms with Gasteiger partial charge in [0.15, 0.2) is 5.82 Å². The van der Waals surface area contributed by atoms with Crippen LogP contribution in [0.4, 0.5) is 0 Å². The topological polar surface area (TPSA) is 57.7 Å². The fourth-order valence-corrected chi connectivity index (χ4v) is 2.95. The van der Waals surface area contributed by atoms with Gasteiger partial charge in [0.05, 0.1) is 6.04 Å². The quantitative estimate of drug-likeness (QED) is 0.932. The number of hydrogen-bond donors (Lipinski definition) is 1. The summed E-state index contributed by atoms with van der Waals surface area (Å²) in [5.41, 5.74) is 1.88. The van der Waals surface area contributed by atoms with Crippen LogP contribution in [-0.2, 0) is 0 Å². The first kappa shape index (κ1) is 13.2. The molecule has 0 saturated carbocycles. The second kappa shape index (κ2) is 5.32. The molecule has 3 rings (SSSR count). The summed E-state index contributed by atoms with van der Waals surface area (Å²) in [5.74, 6) is 1.74. The highest BCUT2D eigenvalue weighted by Gasteiger charge is 2.30. The highest BCUT2D eigenvalue weighted by atomic mass is 15.2. The number of H-pyrrole nitrogens is 1. The van der Waals surface area contributed by atoms with Crippen molar-refractivity contribution in [2.45, 2.75) is 45.7 Å². The molecule has 0 unspecified atom stereocenters. The predicted octanol–water partition coefficient (Wildman–Crippen LogP) is 2.72. The molecule has 1 atom stereocenters. The molecule has 5 heteroatoms. The van der Waals surface area contributed by atoms with Gasteiger partial charge in [-0.05, 0) is 46.2 Å². The van der Waals surface area contributed by atoms with Crippen molar-refractivity contribution in [2.24, 2.45) is 0 Å². The van der Waals surface area contributed by atoms with Crippen LogP contribution in [0.3, 0.4) is 0 Å². The SMILES string of the molecule is Cc1cc(-c2ncc[nH]2)nc([C@H]2CCCN2C(C)C)n1. The van der Waals surface area contributed by atoms with Crippen molar-refractivity contribution in [3.8, 4) is 11.5 Å². The van der Waals surface area contributed by atoms with Gasteiger partial charge in [0.2, 0.25) is 0 Å². The summed E-state index contributed by atoms with van der Waals surface area (Å²) >= 11 is 0. The van der Waals surface area contributed by atoms with Crippen LogP contribution < -0.4 is 0 Å². The third kappa shape index (κ3) is 2.45. The van der Waals surface area contributed by atoms with Crippen molar-refractivity contribution >= 4 is 0 Å². The van der Waals surface area contributed by atoms with Crippen LogP contribution >= 0.6 is 0 Å². The van der Waals surface area contributed by atoms with E-state index in [0.29, 0.717) is 12.1 Å². The maximum Gasteiger partial charge on any atom is 0.156 e. The molecule has 3 heterocycles. The van der Waals surface area contributed by atoms with E-state index >= 15 is 0 Å². The Kier molecular flexibility index (Phi) is 3.53. The molecule has 1 saturated heterocycles. The van der Waals surface area contributed by atoms with Crippen molar-refractivity contribution in [1.82, 2.24) is 24.8 Å². The highest BCUT2D eigenvalue weighted by Crippen LogP contribution is 2.32. The number of likely N-dealkylation sites (tertiary alicyclic amines) is 1. The Morgan fingerprint density at radius 3 is 2.90 bits per heavy atom. The third-order valence-corrected chi connectivity index (χ3v) is 3.87. The third-order valence-electron chi connectivity index (χ3n) is 3.87. The van der Waals surface area contributed by atoms with Crippen molar-refractivity contribution in [3.05, 3.63) is 30.0 Å². The Hall–Kier alpha value is -1.75. The van der Waals surface area contributed by atoms with Crippen molar-refractivity contribution in [3.63, 3.8) is 0 Å². The minimum Gasteiger partial charge on any atom is -0.343 e. The number of hydrogen-bond acceptors (Lipinski definition) is 4. The molecule has 5 nitrogen and oxygen atoms in total. The normalized spacial score (nSPS) is 19.9. The zero-order valence-electron chi connectivity index (χ0n) is 12.3. The number of aryl methyl sites for hydroxylation is 1. The summed E-state index contributed by atoms with van der Waals surface area (Å²) in [4.78, 5) is 19.3. The second-order valence-corrected chi connectivity index (χ2v) is 5.68. The molecule has 1 N–H and O–H groups in total. The van der Waals surface area contributed by atoms with E-state index in [1.165, 1.54) is 6.42 Å². The van der Waals surface area contributed by atoms with Gasteiger partial charge in [-0.25, -0.2) is 15.0 Å². The molecular weight excluding hydrogens is 250 g/mol. The van der Waals surface area contributed by atoms with E-state index in [9.17, 15) is 0 Å². The van der Waals surface area contributed by atoms with Crippen LogP contribution in [0.1, 0.15) is 44.2 Å². The van der Waals surface area contributed by atoms with Crippen molar-refractivity contribution < 1.29 is 0 Å². The van der Waals surface area contributed by atoms with Gasteiger partial charge in [-0.2, -0.15) is 0 Å². The zero-order chi connectivity index (χ0) is 14.1. The van der Waals surface area contributed by atoms with Crippen LogP contribution in [-0.4, -0.2) is 37.4 Å². The monoisotopic (exact) mass is 271 g/mol. The maximum absolute atomic E-state index is 4.74. The summed E-state index contributed by atoms with van der Waals surface area (Å²) in [6, 6.07) is 2.85. The molecular formula is C15H21N5. The first-order chi connectivity index (χ1) is 9.65. The number of aromatic nitrogens is 4. The molecule has 0 radical (unpaired) electrons. The molecule has 2 aromatic heterocycles. The van der Waals surface area contributed by atoms with E-state index in [4.69, 9.17) is 4.98 Å². The zero-order valence-corrected chi connectivity index (χ0v) is 12.3. The lowest BCUT2D eigenvalue weighted by Crippen LogP contribution is -2.31. The average Bonchev–Trinajstić information content (AvgIpc) is 3.09. The van der Waals surface area contributed by atoms with Crippen LogP contribution in [0.5, 0.6) is 0 Å². The maximum atomic E-state index is 4.74. The lowest BCUT2D eigenvalue weighted by Gasteiger charge is -2.27. The minimum absolute atomic E-state index is 0.337. The van der Waals surface area contributed by atoms with Crippen molar-refractivity contribution in [1.29, 1.82) is 0 Å². The molecule has 1 fully saturated rings. The van der Waals surface area contributed by atoms with E-state index in [1.54, 1.807) is 6.20 Å². The molecule has 1 aliphatic rings. The largest absolute Gasteiger partial charge is 0.343 e. The van der Waals surface area contributed by atoms with Crippen LogP contribution in [0.2, 0.25) is 0 Å². The number of aromatic amines is 1. The van der Waals surface area contributed by atoms with Gasteiger partial charge in [0.25, 0.3) is 0 Å². The Bertz CT molecular complexity index is 576. The lowest BCUT2D eigenvalue weighted by atomic mass is 10.1. The van der Waals surface area contributed by atoms with Gasteiger partial charge < -0.3 is 4.98 Å². The standard InChI is InChI=1S/C15H21N5/c1-10(2)20-8-4-5-13(20)15-18-11(3)9-12(19-15)14-16-6-7-17-14/h6-7,9-10,13H,4-5,8H2,1-3H3,(H,16,17)/t13-/m1/s1. The summed E-state index contributed by atoms with van der Waals surface area (Å²) in [6.45, 7) is 7.63. The Balaban J connectivity index is 1.98. The molecule has 0 spiro atoms. The first-order valence-corrected chi connectivity index (χ1v) is 7.26. The highest BCUT2D eigenvalue weighted by molar-refractivity contribution is 5.49. The van der Waals surface area contributed by atoms with Crippen LogP contribution in [0.25, 0.3) is 11.5 Å². The van der Waals surface area contributed by atoms with E-state index in [1.807, 2.05) is 19.2 Å². The van der Waals surface area contributed by atoms with Gasteiger partial charge in [-0.15, -0.1) is 0 Å². The Labute approximate surface area is 119 Å². The average molecular weight is 271 g/mol. The summed E-state index contributed by atoms with van der Waals surface area (Å²) in [7, 11) is 0. The van der Waals surface area contributed by atoms with Gasteiger partial charge in [0, 0.05) is 24.1 Å². The molecule has 2 aromatic rings. The van der Waals surface area contributed by atoms with Crippen LogP contribution in [0.15, 0.2) is 18.5 Å². The molecule has 0 aliphatic carbocycles. The summed E-state index contributed by atoms with van der Waals surface area (Å²) in [5, 5.41) is 0. The number of nitrogens with zero attached hydrogens (tertiary/aromatic N) is 4. The fourth-order valence-electron chi connectivity index (χ4n) is 2.95. The Morgan fingerprint density at radius 2 is 2.20 bits per heavy atom. The number of rotatable bonds is 3. The summed E-state index contributed by atoms with van der Waals surface area (Å²) < 4.78 is 0. The van der Waals surface area contributed by atoms with E-state index < -0.39 is 0 Å². The van der Waals surface area contributed by atoms with Gasteiger partial charge >= 0.3 is 0 Å². The van der Waals surface area contributed by atoms with Gasteiger partial charge in [-0.1, -0.05) is 0 Å². The molecule has 0 bridgehead atoms. The summed E-state index contributed by atoms with van der Waals surface area (Å²) in [6.07, 6.45) is 5.93. The molecule has 106 valence electrons. The first-order valence-electron chi connectivity index (χ1n) is 7.26. The molecule has 0 amide bonds. The molecule has 0 aromatic carbocycles. The Morgan fingerprint density at radius 1 is 1.35 bits per heavy atom. The number of imidazole rings is 1. The predicted molar refractivity (Wildman–Crippen MR) is 78.2 cm³/mol. The van der Waals surface area contributed by atoms with E-state index in [2.05, 4.69) is 33.7 Å². The smallest absolute Gasteiger partial charge is 0.156 e. The number of nitrogens with one attached hydrogen (secondary N) is 1. The van der Waals surface area contributed by atoms with E-state index in [-0.39, 0.29) is 0 Å². The second-order valence-electron chi connectivity index (χ2n) is 5.68. The molecule has 20 heavy (non-hydrogen) atoms.